The van der Waals surface area contributed by atoms with E-state index in [1.165, 1.54) is 27.3 Å². The van der Waals surface area contributed by atoms with E-state index in [9.17, 15) is 18.8 Å². The molecule has 164 valence electrons. The fourth-order valence-electron chi connectivity index (χ4n) is 4.07. The largest absolute Gasteiger partial charge is 0.501 e. The maximum absolute atomic E-state index is 14.1. The normalized spacial score (nSPS) is 21.2. The number of carbonyl (C=O) groups excluding carboxylic acids is 3. The minimum absolute atomic E-state index is 0.0921. The first-order valence-electron chi connectivity index (χ1n) is 10.6. The summed E-state index contributed by atoms with van der Waals surface area (Å²) in [5.74, 6) is -0.639. The van der Waals surface area contributed by atoms with Crippen molar-refractivity contribution >= 4 is 41.0 Å². The first-order valence-corrected chi connectivity index (χ1v) is 11.5. The Balaban J connectivity index is 1.44. The van der Waals surface area contributed by atoms with Gasteiger partial charge in [-0.1, -0.05) is 25.5 Å². The first-order chi connectivity index (χ1) is 15.0. The third-order valence-corrected chi connectivity index (χ3v) is 6.85. The molecule has 9 heteroatoms. The monoisotopic (exact) mass is 445 g/mol. The Morgan fingerprint density at radius 2 is 1.94 bits per heavy atom. The highest BCUT2D eigenvalue weighted by Gasteiger charge is 2.49. The number of halogens is 1. The van der Waals surface area contributed by atoms with Gasteiger partial charge >= 0.3 is 11.9 Å². The summed E-state index contributed by atoms with van der Waals surface area (Å²) in [7, 11) is 0. The number of urea groups is 1. The molecule has 1 fully saturated rings. The number of anilines is 1. The van der Waals surface area contributed by atoms with E-state index in [0.29, 0.717) is 44.1 Å². The molecule has 4 amide bonds. The zero-order chi connectivity index (χ0) is 22.0. The minimum atomic E-state index is -0.458. The summed E-state index contributed by atoms with van der Waals surface area (Å²) in [5, 5.41) is 1.35. The van der Waals surface area contributed by atoms with Crippen molar-refractivity contribution in [3.05, 3.63) is 41.6 Å². The highest BCUT2D eigenvalue weighted by Crippen LogP contribution is 2.28. The van der Waals surface area contributed by atoms with E-state index in [4.69, 9.17) is 0 Å². The van der Waals surface area contributed by atoms with Gasteiger partial charge < -0.3 is 9.80 Å². The molecular weight excluding hydrogens is 419 g/mol. The van der Waals surface area contributed by atoms with Crippen molar-refractivity contribution in [3.8, 4) is 0 Å². The van der Waals surface area contributed by atoms with Crippen LogP contribution in [0.15, 0.2) is 35.7 Å². The molecule has 1 unspecified atom stereocenters. The predicted octanol–water partition coefficient (Wildman–Crippen LogP) is 2.32. The molecule has 0 spiro atoms. The maximum atomic E-state index is 14.1. The second kappa shape index (κ2) is 9.21. The molecule has 3 aliphatic rings. The minimum Gasteiger partial charge on any atom is -0.366 e. The molecule has 3 heterocycles. The Morgan fingerprint density at radius 1 is 1.19 bits per heavy atom. The topological polar surface area (TPSA) is 63.9 Å². The van der Waals surface area contributed by atoms with Gasteiger partial charge in [0.05, 0.1) is 12.2 Å². The van der Waals surface area contributed by atoms with Crippen molar-refractivity contribution < 1.29 is 23.3 Å². The lowest BCUT2D eigenvalue weighted by molar-refractivity contribution is -0.428. The fourth-order valence-corrected chi connectivity index (χ4v) is 5.04. The van der Waals surface area contributed by atoms with Crippen molar-refractivity contribution in [1.82, 2.24) is 9.80 Å². The van der Waals surface area contributed by atoms with E-state index >= 15 is 0 Å². The van der Waals surface area contributed by atoms with Crippen LogP contribution in [0.1, 0.15) is 19.8 Å². The Hall–Kier alpha value is -2.68. The number of benzene rings is 1. The Labute approximate surface area is 185 Å². The summed E-state index contributed by atoms with van der Waals surface area (Å²) in [6.45, 7) is 4.24. The van der Waals surface area contributed by atoms with Crippen LogP contribution in [0, 0.1) is 5.82 Å². The molecule has 0 saturated carbocycles. The van der Waals surface area contributed by atoms with Gasteiger partial charge in [-0.25, -0.2) is 9.18 Å². The molecule has 1 saturated heterocycles. The summed E-state index contributed by atoms with van der Waals surface area (Å²) in [6.07, 6.45) is 3.36. The smallest absolute Gasteiger partial charge is 0.366 e. The van der Waals surface area contributed by atoms with E-state index in [1.54, 1.807) is 34.6 Å². The fraction of sp³-hybridized carbons (Fsp3) is 0.455. The SMILES string of the molecule is CCCCN1C(=O)C2SC=CC2=[N+](CC(=O)N2CCN(c3ccccc3F)CC2)C1=O. The van der Waals surface area contributed by atoms with Crippen LogP contribution < -0.4 is 4.90 Å². The standard InChI is InChI=1S/C22H26FN4O3S/c1-2-3-9-26-21(29)20-18(8-14-31-20)27(22(26)30)15-19(28)25-12-10-24(11-13-25)17-7-5-4-6-16(17)23/h4-8,14,20H,2-3,9-13,15H2,1H3/q+1. The third kappa shape index (κ3) is 4.23. The van der Waals surface area contributed by atoms with Crippen LogP contribution in [0.4, 0.5) is 14.9 Å². The molecule has 1 aromatic carbocycles. The number of thioether (sulfide) groups is 1. The van der Waals surface area contributed by atoms with Gasteiger partial charge in [0.15, 0.2) is 11.8 Å². The maximum Gasteiger partial charge on any atom is 0.501 e. The molecule has 0 aromatic heterocycles. The molecule has 0 radical (unpaired) electrons. The van der Waals surface area contributed by atoms with Crippen molar-refractivity contribution in [3.63, 3.8) is 0 Å². The number of allylic oxidation sites excluding steroid dienone is 1. The van der Waals surface area contributed by atoms with Gasteiger partial charge in [0.25, 0.3) is 5.91 Å². The lowest BCUT2D eigenvalue weighted by atomic mass is 10.1. The highest BCUT2D eigenvalue weighted by molar-refractivity contribution is 8.04. The van der Waals surface area contributed by atoms with Crippen LogP contribution >= 0.6 is 11.8 Å². The molecular formula is C22H26FN4O3S+. The van der Waals surface area contributed by atoms with Gasteiger partial charge in [0, 0.05) is 26.2 Å². The van der Waals surface area contributed by atoms with Crippen molar-refractivity contribution in [1.29, 1.82) is 0 Å². The number of amides is 4. The Morgan fingerprint density at radius 3 is 2.65 bits per heavy atom. The summed E-state index contributed by atoms with van der Waals surface area (Å²) in [4.78, 5) is 43.7. The average molecular weight is 446 g/mol. The van der Waals surface area contributed by atoms with Gasteiger partial charge in [-0.2, -0.15) is 14.3 Å². The molecule has 0 aliphatic carbocycles. The van der Waals surface area contributed by atoms with E-state index in [-0.39, 0.29) is 24.2 Å². The van der Waals surface area contributed by atoms with E-state index in [2.05, 4.69) is 0 Å². The van der Waals surface area contributed by atoms with Crippen molar-refractivity contribution in [2.45, 2.75) is 25.0 Å². The number of nitrogens with zero attached hydrogens (tertiary/aromatic N) is 4. The summed E-state index contributed by atoms with van der Waals surface area (Å²) in [5.41, 5.74) is 1.13. The second-order valence-electron chi connectivity index (χ2n) is 7.78. The van der Waals surface area contributed by atoms with Crippen molar-refractivity contribution in [2.24, 2.45) is 0 Å². The molecule has 0 N–H and O–H groups in total. The quantitative estimate of drug-likeness (QED) is 0.629. The van der Waals surface area contributed by atoms with E-state index in [1.807, 2.05) is 11.8 Å². The lowest BCUT2D eigenvalue weighted by Crippen LogP contribution is -2.58. The molecule has 31 heavy (non-hydrogen) atoms. The van der Waals surface area contributed by atoms with Crippen LogP contribution in [-0.4, -0.2) is 82.5 Å². The second-order valence-corrected chi connectivity index (χ2v) is 8.79. The highest BCUT2D eigenvalue weighted by atomic mass is 32.2. The third-order valence-electron chi connectivity index (χ3n) is 5.84. The van der Waals surface area contributed by atoms with Crippen LogP contribution in [-0.2, 0) is 9.59 Å². The summed E-state index contributed by atoms with van der Waals surface area (Å²) in [6, 6.07) is 6.20. The molecule has 4 rings (SSSR count). The van der Waals surface area contributed by atoms with Crippen LogP contribution in [0.3, 0.4) is 0 Å². The molecule has 3 aliphatic heterocycles. The number of hydrogen-bond acceptors (Lipinski definition) is 5. The lowest BCUT2D eigenvalue weighted by Gasteiger charge is -2.36. The number of hydrogen-bond donors (Lipinski definition) is 0. The average Bonchev–Trinajstić information content (AvgIpc) is 3.27. The van der Waals surface area contributed by atoms with Crippen molar-refractivity contribution in [2.75, 3.05) is 44.2 Å². The number of rotatable bonds is 6. The predicted molar refractivity (Wildman–Crippen MR) is 118 cm³/mol. The van der Waals surface area contributed by atoms with E-state index in [0.717, 1.165) is 12.8 Å². The first kappa shape index (κ1) is 21.5. The van der Waals surface area contributed by atoms with Gasteiger partial charge in [-0.3, -0.25) is 4.79 Å². The summed E-state index contributed by atoms with van der Waals surface area (Å²) < 4.78 is 15.5. The number of piperazine rings is 1. The number of fused-ring (bicyclic) bond motifs is 1. The molecule has 1 aromatic rings. The van der Waals surface area contributed by atoms with Crippen LogP contribution in [0.2, 0.25) is 0 Å². The molecule has 0 bridgehead atoms. The zero-order valence-corrected chi connectivity index (χ0v) is 18.3. The van der Waals surface area contributed by atoms with Gasteiger partial charge in [-0.05, 0) is 30.0 Å². The Kier molecular flexibility index (Phi) is 6.41. The van der Waals surface area contributed by atoms with Gasteiger partial charge in [0.1, 0.15) is 11.5 Å². The number of carbonyl (C=O) groups is 3. The number of imide groups is 1. The molecule has 1 atom stereocenters. The molecule has 7 nitrogen and oxygen atoms in total. The number of para-hydroxylation sites is 1. The summed E-state index contributed by atoms with van der Waals surface area (Å²) >= 11 is 1.37. The van der Waals surface area contributed by atoms with E-state index < -0.39 is 11.3 Å². The zero-order valence-electron chi connectivity index (χ0n) is 17.5. The number of unbranched alkanes of at least 4 members (excludes halogenated alkanes) is 1. The van der Waals surface area contributed by atoms with Gasteiger partial charge in [-0.15, -0.1) is 11.8 Å². The van der Waals surface area contributed by atoms with Crippen LogP contribution in [0.5, 0.6) is 0 Å². The van der Waals surface area contributed by atoms with Gasteiger partial charge in [0.2, 0.25) is 0 Å². The Bertz CT molecular complexity index is 956. The van der Waals surface area contributed by atoms with Crippen LogP contribution in [0.25, 0.3) is 0 Å².